The maximum atomic E-state index is 5.86. The van der Waals surface area contributed by atoms with Crippen molar-refractivity contribution in [3.05, 3.63) is 43.8 Å². The Balaban J connectivity index is 2.05. The third kappa shape index (κ3) is 2.97. The number of rotatable bonds is 3. The van der Waals surface area contributed by atoms with Gasteiger partial charge in [-0.3, -0.25) is 0 Å². The summed E-state index contributed by atoms with van der Waals surface area (Å²) in [5.74, 6) is 0.774. The van der Waals surface area contributed by atoms with Gasteiger partial charge in [-0.25, -0.2) is 4.98 Å². The molecule has 0 fully saturated rings. The third-order valence-corrected chi connectivity index (χ3v) is 3.85. The monoisotopic (exact) mass is 317 g/mol. The van der Waals surface area contributed by atoms with Crippen molar-refractivity contribution in [3.63, 3.8) is 0 Å². The highest BCUT2D eigenvalue weighted by molar-refractivity contribution is 9.11. The quantitative estimate of drug-likeness (QED) is 0.834. The molecule has 2 aromatic rings. The lowest BCUT2D eigenvalue weighted by atomic mass is 10.3. The predicted octanol–water partition coefficient (Wildman–Crippen LogP) is 4.45. The molecule has 0 saturated heterocycles. The fourth-order valence-electron chi connectivity index (χ4n) is 1.23. The normalized spacial score (nSPS) is 10.4. The smallest absolute Gasteiger partial charge is 0.159 e. The fraction of sp³-hybridized carbons (Fsp3) is 0.182. The van der Waals surface area contributed by atoms with Crippen molar-refractivity contribution >= 4 is 38.9 Å². The Morgan fingerprint density at radius 1 is 1.50 bits per heavy atom. The van der Waals surface area contributed by atoms with Crippen LogP contribution in [-0.2, 0) is 6.61 Å². The van der Waals surface area contributed by atoms with E-state index in [4.69, 9.17) is 16.3 Å². The molecule has 1 heterocycles. The molecule has 84 valence electrons. The van der Waals surface area contributed by atoms with Crippen molar-refractivity contribution < 1.29 is 4.74 Å². The van der Waals surface area contributed by atoms with E-state index in [1.165, 1.54) is 0 Å². The van der Waals surface area contributed by atoms with Gasteiger partial charge in [-0.2, -0.15) is 0 Å². The zero-order valence-electron chi connectivity index (χ0n) is 8.54. The summed E-state index contributed by atoms with van der Waals surface area (Å²) in [5.41, 5.74) is 0.999. The molecule has 2 nitrogen and oxygen atoms in total. The highest BCUT2D eigenvalue weighted by Gasteiger charge is 2.06. The van der Waals surface area contributed by atoms with Gasteiger partial charge in [-0.1, -0.05) is 17.7 Å². The molecule has 0 atom stereocenters. The van der Waals surface area contributed by atoms with Crippen molar-refractivity contribution in [1.29, 1.82) is 0 Å². The van der Waals surface area contributed by atoms with Crippen LogP contribution in [-0.4, -0.2) is 4.98 Å². The number of nitrogens with zero attached hydrogens (tertiary/aromatic N) is 1. The Morgan fingerprint density at radius 2 is 2.31 bits per heavy atom. The highest BCUT2D eigenvalue weighted by atomic mass is 79.9. The summed E-state index contributed by atoms with van der Waals surface area (Å²) < 4.78 is 6.52. The number of hydrogen-bond acceptors (Lipinski definition) is 3. The highest BCUT2D eigenvalue weighted by Crippen LogP contribution is 2.25. The Kier molecular flexibility index (Phi) is 3.84. The molecule has 0 aliphatic heterocycles. The molecule has 0 spiro atoms. The second kappa shape index (κ2) is 5.17. The lowest BCUT2D eigenvalue weighted by molar-refractivity contribution is 0.309. The molecule has 1 aromatic heterocycles. The summed E-state index contributed by atoms with van der Waals surface area (Å²) in [6.45, 7) is 2.49. The Morgan fingerprint density at radius 3 is 2.94 bits per heavy atom. The van der Waals surface area contributed by atoms with Gasteiger partial charge in [0.05, 0.1) is 10.6 Å². The summed E-state index contributed by atoms with van der Waals surface area (Å²) >= 11 is 10.8. The first-order valence-electron chi connectivity index (χ1n) is 4.65. The molecule has 0 amide bonds. The molecule has 0 N–H and O–H groups in total. The Bertz CT molecular complexity index is 500. The van der Waals surface area contributed by atoms with Crippen LogP contribution in [0.15, 0.2) is 28.2 Å². The number of aromatic nitrogens is 1. The fourth-order valence-corrected chi connectivity index (χ4v) is 2.96. The first-order chi connectivity index (χ1) is 7.65. The number of halogens is 2. The van der Waals surface area contributed by atoms with E-state index < -0.39 is 0 Å². The van der Waals surface area contributed by atoms with Crippen molar-refractivity contribution in [3.8, 4) is 5.75 Å². The third-order valence-electron chi connectivity index (χ3n) is 2.03. The largest absolute Gasteiger partial charge is 0.488 e. The van der Waals surface area contributed by atoms with Crippen LogP contribution in [0.1, 0.15) is 10.6 Å². The van der Waals surface area contributed by atoms with Gasteiger partial charge in [0, 0.05) is 5.02 Å². The lowest BCUT2D eigenvalue weighted by Crippen LogP contribution is -1.94. The molecule has 0 aliphatic carbocycles. The van der Waals surface area contributed by atoms with E-state index in [9.17, 15) is 0 Å². The molecule has 5 heteroatoms. The van der Waals surface area contributed by atoms with Crippen molar-refractivity contribution in [1.82, 2.24) is 4.98 Å². The number of ether oxygens (including phenoxy) is 1. The van der Waals surface area contributed by atoms with E-state index >= 15 is 0 Å². The van der Waals surface area contributed by atoms with Gasteiger partial charge in [0.1, 0.15) is 12.4 Å². The first-order valence-corrected chi connectivity index (χ1v) is 6.64. The average molecular weight is 319 g/mol. The van der Waals surface area contributed by atoms with Crippen molar-refractivity contribution in [2.75, 3.05) is 0 Å². The maximum Gasteiger partial charge on any atom is 0.159 e. The number of hydrogen-bond donors (Lipinski definition) is 0. The minimum absolute atomic E-state index is 0.523. The second-order valence-corrected chi connectivity index (χ2v) is 6.02. The number of benzene rings is 1. The van der Waals surface area contributed by atoms with E-state index in [2.05, 4.69) is 20.9 Å². The number of aryl methyl sites for hydroxylation is 1. The minimum atomic E-state index is 0.523. The Hall–Kier alpha value is -0.580. The molecule has 0 aliphatic rings. The molecule has 0 radical (unpaired) electrons. The van der Waals surface area contributed by atoms with Gasteiger partial charge >= 0.3 is 0 Å². The van der Waals surface area contributed by atoms with Crippen molar-refractivity contribution in [2.45, 2.75) is 13.5 Å². The van der Waals surface area contributed by atoms with Gasteiger partial charge in [0.15, 0.2) is 3.92 Å². The van der Waals surface area contributed by atoms with E-state index in [1.54, 1.807) is 17.4 Å². The van der Waals surface area contributed by atoms with Crippen LogP contribution in [0.4, 0.5) is 0 Å². The van der Waals surface area contributed by atoms with Crippen LogP contribution in [0.25, 0.3) is 0 Å². The molecule has 1 aromatic carbocycles. The van der Waals surface area contributed by atoms with E-state index in [0.29, 0.717) is 11.6 Å². The topological polar surface area (TPSA) is 22.1 Å². The van der Waals surface area contributed by atoms with Gasteiger partial charge in [0.2, 0.25) is 0 Å². The summed E-state index contributed by atoms with van der Waals surface area (Å²) in [5, 5.41) is 0.680. The average Bonchev–Trinajstić information content (AvgIpc) is 2.54. The summed E-state index contributed by atoms with van der Waals surface area (Å²) in [6.07, 6.45) is 0. The van der Waals surface area contributed by atoms with Crippen LogP contribution >= 0.6 is 38.9 Å². The summed E-state index contributed by atoms with van der Waals surface area (Å²) in [4.78, 5) is 5.39. The SMILES string of the molecule is Cc1nc(Br)sc1COc1cccc(Cl)c1. The van der Waals surface area contributed by atoms with E-state index in [0.717, 1.165) is 20.2 Å². The van der Waals surface area contributed by atoms with E-state index in [1.807, 2.05) is 25.1 Å². The van der Waals surface area contributed by atoms with Crippen LogP contribution in [0, 0.1) is 6.92 Å². The first kappa shape index (κ1) is 11.9. The van der Waals surface area contributed by atoms with Crippen LogP contribution in [0.5, 0.6) is 5.75 Å². The maximum absolute atomic E-state index is 5.86. The van der Waals surface area contributed by atoms with Gasteiger partial charge in [-0.05, 0) is 41.1 Å². The minimum Gasteiger partial charge on any atom is -0.488 e. The standard InChI is InChI=1S/C11H9BrClNOS/c1-7-10(16-11(12)14-7)6-15-9-4-2-3-8(13)5-9/h2-5H,6H2,1H3. The van der Waals surface area contributed by atoms with Crippen LogP contribution in [0.3, 0.4) is 0 Å². The second-order valence-electron chi connectivity index (χ2n) is 3.22. The lowest BCUT2D eigenvalue weighted by Gasteiger charge is -2.04. The zero-order chi connectivity index (χ0) is 11.5. The molecule has 0 unspecified atom stereocenters. The summed E-state index contributed by atoms with van der Waals surface area (Å²) in [7, 11) is 0. The molecule has 0 bridgehead atoms. The Labute approximate surface area is 111 Å². The molecular formula is C11H9BrClNOS. The zero-order valence-corrected chi connectivity index (χ0v) is 11.7. The van der Waals surface area contributed by atoms with E-state index in [-0.39, 0.29) is 0 Å². The molecule has 0 saturated carbocycles. The van der Waals surface area contributed by atoms with Gasteiger partial charge in [0.25, 0.3) is 0 Å². The van der Waals surface area contributed by atoms with Crippen molar-refractivity contribution in [2.24, 2.45) is 0 Å². The number of thiazole rings is 1. The van der Waals surface area contributed by atoms with Gasteiger partial charge in [-0.15, -0.1) is 11.3 Å². The predicted molar refractivity (Wildman–Crippen MR) is 70.3 cm³/mol. The molecule has 2 rings (SSSR count). The van der Waals surface area contributed by atoms with Gasteiger partial charge < -0.3 is 4.74 Å². The molecule has 16 heavy (non-hydrogen) atoms. The van der Waals surface area contributed by atoms with Crippen LogP contribution in [0.2, 0.25) is 5.02 Å². The molecular weight excluding hydrogens is 310 g/mol. The summed E-state index contributed by atoms with van der Waals surface area (Å²) in [6, 6.07) is 7.38. The van der Waals surface area contributed by atoms with Crippen LogP contribution < -0.4 is 4.74 Å².